The fraction of sp³-hybridized carbons (Fsp3) is 1.00. The van der Waals surface area contributed by atoms with E-state index in [1.807, 2.05) is 0 Å². The van der Waals surface area contributed by atoms with E-state index < -0.39 is 13.9 Å². The third-order valence-corrected chi connectivity index (χ3v) is 39.4. The van der Waals surface area contributed by atoms with Gasteiger partial charge >= 0.3 is 240 Å². The van der Waals surface area contributed by atoms with Gasteiger partial charge in [0.15, 0.2) is 0 Å². The molecule has 0 aliphatic heterocycles. The van der Waals surface area contributed by atoms with Crippen LogP contribution in [0.5, 0.6) is 0 Å². The zero-order chi connectivity index (χ0) is 25.7. The molecule has 0 heterocycles. The number of hydrogen-bond donors (Lipinski definition) is 0. The van der Waals surface area contributed by atoms with E-state index in [9.17, 15) is 0 Å². The molecule has 0 aromatic rings. The summed E-state index contributed by atoms with van der Waals surface area (Å²) in [6, 6.07) is 0. The monoisotopic (exact) mass is 562 g/mol. The van der Waals surface area contributed by atoms with Crippen LogP contribution in [0.25, 0.3) is 0 Å². The Morgan fingerprint density at radius 2 is 0.316 bits per heavy atom. The third kappa shape index (κ3) is 5.38. The zero-order valence-corrected chi connectivity index (χ0v) is 27.7. The Hall–Kier alpha value is 0.860. The molecule has 6 rings (SSSR count). The van der Waals surface area contributed by atoms with Gasteiger partial charge in [-0.2, -0.15) is 0 Å². The van der Waals surface area contributed by atoms with E-state index in [0.29, 0.717) is 0 Å². The van der Waals surface area contributed by atoms with Crippen LogP contribution in [-0.4, -0.2) is 34.0 Å². The van der Waals surface area contributed by atoms with Crippen molar-refractivity contribution in [3.8, 4) is 0 Å². The van der Waals surface area contributed by atoms with Crippen LogP contribution < -0.4 is 0 Å². The zero-order valence-electron chi connectivity index (χ0n) is 25.7. The van der Waals surface area contributed by atoms with Crippen LogP contribution in [0.15, 0.2) is 0 Å². The summed E-state index contributed by atoms with van der Waals surface area (Å²) in [7, 11) is 0. The van der Waals surface area contributed by atoms with Crippen molar-refractivity contribution in [2.45, 2.75) is 227 Å². The molecule has 0 saturated heterocycles. The van der Waals surface area contributed by atoms with E-state index in [1.54, 1.807) is 193 Å². The molecule has 2 heteroatoms. The fourth-order valence-electron chi connectivity index (χ4n) is 13.6. The summed E-state index contributed by atoms with van der Waals surface area (Å²) in [6.45, 7) is -2.99. The normalized spacial score (nSPS) is 30.8. The Kier molecular flexibility index (Phi) is 10.6. The molecule has 222 valence electrons. The van der Waals surface area contributed by atoms with Gasteiger partial charge in [-0.1, -0.05) is 0 Å². The van der Waals surface area contributed by atoms with Crippen LogP contribution >= 0.6 is 13.9 Å². The molecular formula is C36H68P2. The first kappa shape index (κ1) is 29.0. The maximum absolute atomic E-state index is 1.72. The first-order valence-electron chi connectivity index (χ1n) is 18.9. The molecule has 0 N–H and O–H groups in total. The molecule has 0 spiro atoms. The summed E-state index contributed by atoms with van der Waals surface area (Å²) in [5, 5.41) is 0. The molecule has 6 saturated carbocycles. The summed E-state index contributed by atoms with van der Waals surface area (Å²) in [6.07, 6.45) is 49.7. The molecule has 0 amide bonds. The van der Waals surface area contributed by atoms with Crippen LogP contribution in [0.3, 0.4) is 0 Å². The Balaban J connectivity index is 1.60. The van der Waals surface area contributed by atoms with E-state index in [2.05, 4.69) is 0 Å². The summed E-state index contributed by atoms with van der Waals surface area (Å²) < 4.78 is 0. The van der Waals surface area contributed by atoms with Crippen molar-refractivity contribution >= 4 is 13.9 Å². The van der Waals surface area contributed by atoms with E-state index in [-0.39, 0.29) is 0 Å². The molecule has 6 fully saturated rings. The molecule has 6 aliphatic rings. The van der Waals surface area contributed by atoms with Crippen molar-refractivity contribution < 1.29 is 0 Å². The van der Waals surface area contributed by atoms with Crippen molar-refractivity contribution in [3.05, 3.63) is 0 Å². The van der Waals surface area contributed by atoms with Crippen molar-refractivity contribution in [1.82, 2.24) is 0 Å². The van der Waals surface area contributed by atoms with Gasteiger partial charge in [-0.25, -0.2) is 0 Å². The average Bonchev–Trinajstić information content (AvgIpc) is 3.02. The fourth-order valence-corrected chi connectivity index (χ4v) is 48.0. The van der Waals surface area contributed by atoms with Gasteiger partial charge in [0, 0.05) is 0 Å². The standard InChI is InChI=1S/C36H68P2/c1-7-19-31(20-8-1)37(32-21-9-2-10-22-32,33-23-11-3-12-24-33)38(34-25-13-4-14-26-34,35-27-15-5-16-28-35)36-29-17-6-18-30-36/h31-38H,1-30H2. The quantitative estimate of drug-likeness (QED) is 0.271. The molecule has 0 radical (unpaired) electrons. The minimum absolute atomic E-state index is 1.28. The van der Waals surface area contributed by atoms with E-state index >= 15 is 0 Å². The van der Waals surface area contributed by atoms with Gasteiger partial charge in [-0.3, -0.25) is 0 Å². The molecule has 0 nitrogen and oxygen atoms in total. The molecule has 0 aromatic carbocycles. The summed E-state index contributed by atoms with van der Waals surface area (Å²) >= 11 is 0. The Morgan fingerprint density at radius 3 is 0.447 bits per heavy atom. The van der Waals surface area contributed by atoms with Crippen LogP contribution in [-0.2, 0) is 0 Å². The van der Waals surface area contributed by atoms with Crippen LogP contribution in [0.1, 0.15) is 193 Å². The van der Waals surface area contributed by atoms with Crippen molar-refractivity contribution in [3.63, 3.8) is 0 Å². The van der Waals surface area contributed by atoms with Gasteiger partial charge in [0.1, 0.15) is 0 Å². The summed E-state index contributed by atoms with van der Waals surface area (Å²) in [4.78, 5) is 0. The predicted octanol–water partition coefficient (Wildman–Crippen LogP) is 12.4. The average molecular weight is 563 g/mol. The van der Waals surface area contributed by atoms with Gasteiger partial charge in [0.2, 0.25) is 0 Å². The minimum atomic E-state index is -1.50. The number of rotatable bonds is 7. The van der Waals surface area contributed by atoms with E-state index in [0.717, 1.165) is 0 Å². The van der Waals surface area contributed by atoms with Gasteiger partial charge < -0.3 is 0 Å². The van der Waals surface area contributed by atoms with Gasteiger partial charge in [0.05, 0.1) is 0 Å². The van der Waals surface area contributed by atoms with Crippen molar-refractivity contribution in [1.29, 1.82) is 0 Å². The SMILES string of the molecule is C1CCC([PH](C2CCCCC2)(C2CCCCC2)[PH](C2CCCCC2)(C2CCCCC2)C2CCCCC2)CC1. The second kappa shape index (κ2) is 13.9. The topological polar surface area (TPSA) is 0 Å². The van der Waals surface area contributed by atoms with Gasteiger partial charge in [-0.05, 0) is 0 Å². The van der Waals surface area contributed by atoms with Crippen LogP contribution in [0, 0.1) is 0 Å². The first-order chi connectivity index (χ1) is 18.9. The number of hydrogen-bond acceptors (Lipinski definition) is 0. The van der Waals surface area contributed by atoms with Crippen LogP contribution in [0.4, 0.5) is 0 Å². The molecule has 0 aromatic heterocycles. The summed E-state index contributed by atoms with van der Waals surface area (Å²) in [5.74, 6) is 0. The van der Waals surface area contributed by atoms with Crippen molar-refractivity contribution in [2.24, 2.45) is 0 Å². The van der Waals surface area contributed by atoms with Crippen molar-refractivity contribution in [2.75, 3.05) is 0 Å². The molecule has 38 heavy (non-hydrogen) atoms. The van der Waals surface area contributed by atoms with E-state index in [1.165, 1.54) is 34.0 Å². The van der Waals surface area contributed by atoms with E-state index in [4.69, 9.17) is 0 Å². The maximum atomic E-state index is 1.72. The second-order valence-electron chi connectivity index (χ2n) is 15.9. The third-order valence-electron chi connectivity index (χ3n) is 14.4. The predicted molar refractivity (Wildman–Crippen MR) is 178 cm³/mol. The Labute approximate surface area is 240 Å². The molecular weight excluding hydrogens is 494 g/mol. The van der Waals surface area contributed by atoms with Crippen LogP contribution in [0.2, 0.25) is 0 Å². The summed E-state index contributed by atoms with van der Waals surface area (Å²) in [5.41, 5.74) is 7.67. The first-order valence-corrected chi connectivity index (χ1v) is 24.3. The Morgan fingerprint density at radius 1 is 0.184 bits per heavy atom. The Bertz CT molecular complexity index is 529. The molecule has 6 aliphatic carbocycles. The van der Waals surface area contributed by atoms with Gasteiger partial charge in [-0.15, -0.1) is 0 Å². The molecule has 0 bridgehead atoms. The second-order valence-corrected chi connectivity index (χ2v) is 29.7. The molecule has 0 unspecified atom stereocenters. The molecule has 0 atom stereocenters. The van der Waals surface area contributed by atoms with Gasteiger partial charge in [0.25, 0.3) is 0 Å².